The van der Waals surface area contributed by atoms with Crippen LogP contribution in [0.4, 0.5) is 17.3 Å². The number of aryl methyl sites for hydroxylation is 1. The van der Waals surface area contributed by atoms with Crippen molar-refractivity contribution in [1.82, 2.24) is 9.97 Å². The zero-order valence-electron chi connectivity index (χ0n) is 12.2. The largest absolute Gasteiger partial charge is 0.370 e. The summed E-state index contributed by atoms with van der Waals surface area (Å²) >= 11 is 1.75. The molecule has 108 valence electrons. The van der Waals surface area contributed by atoms with Crippen LogP contribution in [-0.2, 0) is 0 Å². The molecule has 3 rings (SSSR count). The van der Waals surface area contributed by atoms with E-state index in [0.29, 0.717) is 0 Å². The first-order valence-electron chi connectivity index (χ1n) is 7.08. The molecule has 0 atom stereocenters. The number of hydrogen-bond acceptors (Lipinski definition) is 5. The average Bonchev–Trinajstić information content (AvgIpc) is 2.92. The first-order valence-corrected chi connectivity index (χ1v) is 7.96. The lowest BCUT2D eigenvalue weighted by atomic mass is 10.2. The molecule has 2 heterocycles. The predicted molar refractivity (Wildman–Crippen MR) is 90.7 cm³/mol. The minimum absolute atomic E-state index is 0.759. The fourth-order valence-corrected chi connectivity index (χ4v) is 2.94. The molecule has 4 nitrogen and oxygen atoms in total. The first-order chi connectivity index (χ1) is 10.2. The number of fused-ring (bicyclic) bond motifs is 1. The Bertz CT molecular complexity index is 751. The van der Waals surface area contributed by atoms with Crippen LogP contribution in [0.5, 0.6) is 0 Å². The number of nitrogens with one attached hydrogen (secondary N) is 2. The van der Waals surface area contributed by atoms with Crippen LogP contribution in [0.2, 0.25) is 0 Å². The van der Waals surface area contributed by atoms with Gasteiger partial charge in [-0.05, 0) is 48.4 Å². The molecule has 0 spiro atoms. The molecular formula is C16H18N4S. The van der Waals surface area contributed by atoms with Gasteiger partial charge in [-0.15, -0.1) is 11.3 Å². The molecule has 0 bridgehead atoms. The standard InChI is InChI=1S/C16H18N4S/c1-3-7-17-15-10-16(19-11(2)18-15)20-13-4-5-14-12(9-13)6-8-21-14/h4-6,8-10H,3,7H2,1-2H3,(H2,17,18,19,20). The van der Waals surface area contributed by atoms with Crippen LogP contribution < -0.4 is 10.6 Å². The maximum Gasteiger partial charge on any atom is 0.136 e. The van der Waals surface area contributed by atoms with Gasteiger partial charge in [-0.3, -0.25) is 0 Å². The van der Waals surface area contributed by atoms with Crippen LogP contribution in [0, 0.1) is 6.92 Å². The van der Waals surface area contributed by atoms with E-state index in [-0.39, 0.29) is 0 Å². The van der Waals surface area contributed by atoms with Gasteiger partial charge < -0.3 is 10.6 Å². The second-order valence-corrected chi connectivity index (χ2v) is 5.86. The number of benzene rings is 1. The van der Waals surface area contributed by atoms with Gasteiger partial charge in [0.05, 0.1) is 0 Å². The predicted octanol–water partition coefficient (Wildman–Crippen LogP) is 4.57. The Hall–Kier alpha value is -2.14. The fraction of sp³-hybridized carbons (Fsp3) is 0.250. The molecular weight excluding hydrogens is 280 g/mol. The summed E-state index contributed by atoms with van der Waals surface area (Å²) in [6, 6.07) is 10.4. The van der Waals surface area contributed by atoms with E-state index in [0.717, 1.165) is 36.1 Å². The van der Waals surface area contributed by atoms with Crippen molar-refractivity contribution in [2.24, 2.45) is 0 Å². The molecule has 0 fully saturated rings. The van der Waals surface area contributed by atoms with Gasteiger partial charge in [0.1, 0.15) is 17.5 Å². The van der Waals surface area contributed by atoms with Crippen LogP contribution in [0.1, 0.15) is 19.2 Å². The van der Waals surface area contributed by atoms with Gasteiger partial charge in [-0.25, -0.2) is 9.97 Å². The van der Waals surface area contributed by atoms with Gasteiger partial charge in [-0.2, -0.15) is 0 Å². The van der Waals surface area contributed by atoms with Gasteiger partial charge >= 0.3 is 0 Å². The van der Waals surface area contributed by atoms with Gasteiger partial charge in [0, 0.05) is 23.0 Å². The first kappa shape index (κ1) is 13.8. The fourth-order valence-electron chi connectivity index (χ4n) is 2.17. The molecule has 1 aromatic carbocycles. The Balaban J connectivity index is 1.84. The second-order valence-electron chi connectivity index (χ2n) is 4.91. The summed E-state index contributed by atoms with van der Waals surface area (Å²) < 4.78 is 1.30. The number of nitrogens with zero attached hydrogens (tertiary/aromatic N) is 2. The van der Waals surface area contributed by atoms with Crippen molar-refractivity contribution in [3.05, 3.63) is 41.5 Å². The number of hydrogen-bond donors (Lipinski definition) is 2. The third-order valence-electron chi connectivity index (χ3n) is 3.12. The Morgan fingerprint density at radius 1 is 1.10 bits per heavy atom. The van der Waals surface area contributed by atoms with E-state index in [1.807, 2.05) is 13.0 Å². The number of thiophene rings is 1. The van der Waals surface area contributed by atoms with Crippen LogP contribution in [0.3, 0.4) is 0 Å². The van der Waals surface area contributed by atoms with E-state index in [1.54, 1.807) is 11.3 Å². The minimum atomic E-state index is 0.759. The van der Waals surface area contributed by atoms with Crippen molar-refractivity contribution in [1.29, 1.82) is 0 Å². The van der Waals surface area contributed by atoms with E-state index in [4.69, 9.17) is 0 Å². The molecule has 0 unspecified atom stereocenters. The molecule has 0 aliphatic rings. The quantitative estimate of drug-likeness (QED) is 0.724. The lowest BCUT2D eigenvalue weighted by Gasteiger charge is -2.10. The van der Waals surface area contributed by atoms with Crippen LogP contribution in [0.25, 0.3) is 10.1 Å². The highest BCUT2D eigenvalue weighted by Gasteiger charge is 2.03. The summed E-state index contributed by atoms with van der Waals surface area (Å²) in [5, 5.41) is 10.0. The molecule has 0 radical (unpaired) electrons. The molecule has 5 heteroatoms. The van der Waals surface area contributed by atoms with Crippen molar-refractivity contribution in [3.63, 3.8) is 0 Å². The number of anilines is 3. The molecule has 0 saturated carbocycles. The second kappa shape index (κ2) is 6.10. The van der Waals surface area contributed by atoms with Gasteiger partial charge in [-0.1, -0.05) is 6.92 Å². The van der Waals surface area contributed by atoms with E-state index >= 15 is 0 Å². The molecule has 2 N–H and O–H groups in total. The normalized spacial score (nSPS) is 10.8. The highest BCUT2D eigenvalue weighted by atomic mass is 32.1. The van der Waals surface area contributed by atoms with E-state index in [9.17, 15) is 0 Å². The highest BCUT2D eigenvalue weighted by molar-refractivity contribution is 7.17. The molecule has 0 amide bonds. The van der Waals surface area contributed by atoms with Crippen molar-refractivity contribution in [2.75, 3.05) is 17.2 Å². The number of aromatic nitrogens is 2. The van der Waals surface area contributed by atoms with E-state index in [2.05, 4.69) is 57.2 Å². The summed E-state index contributed by atoms with van der Waals surface area (Å²) in [7, 11) is 0. The zero-order chi connectivity index (χ0) is 14.7. The SMILES string of the molecule is CCCNc1cc(Nc2ccc3sccc3c2)nc(C)n1. The maximum atomic E-state index is 4.45. The summed E-state index contributed by atoms with van der Waals surface area (Å²) in [4.78, 5) is 8.84. The summed E-state index contributed by atoms with van der Waals surface area (Å²) in [5.41, 5.74) is 1.04. The highest BCUT2D eigenvalue weighted by Crippen LogP contribution is 2.26. The lowest BCUT2D eigenvalue weighted by Crippen LogP contribution is -2.05. The van der Waals surface area contributed by atoms with Crippen molar-refractivity contribution >= 4 is 38.7 Å². The minimum Gasteiger partial charge on any atom is -0.370 e. The van der Waals surface area contributed by atoms with E-state index in [1.165, 1.54) is 10.1 Å². The topological polar surface area (TPSA) is 49.8 Å². The summed E-state index contributed by atoms with van der Waals surface area (Å²) in [6.07, 6.45) is 1.07. The smallest absolute Gasteiger partial charge is 0.136 e. The summed E-state index contributed by atoms with van der Waals surface area (Å²) in [6.45, 7) is 4.96. The monoisotopic (exact) mass is 298 g/mol. The Morgan fingerprint density at radius 2 is 1.95 bits per heavy atom. The van der Waals surface area contributed by atoms with E-state index < -0.39 is 0 Å². The van der Waals surface area contributed by atoms with Crippen LogP contribution in [0.15, 0.2) is 35.7 Å². The van der Waals surface area contributed by atoms with Gasteiger partial charge in [0.25, 0.3) is 0 Å². The average molecular weight is 298 g/mol. The molecule has 2 aromatic heterocycles. The Labute approximate surface area is 128 Å². The van der Waals surface area contributed by atoms with Crippen LogP contribution >= 0.6 is 11.3 Å². The Morgan fingerprint density at radius 3 is 2.81 bits per heavy atom. The van der Waals surface area contributed by atoms with Gasteiger partial charge in [0.2, 0.25) is 0 Å². The van der Waals surface area contributed by atoms with Crippen molar-refractivity contribution in [2.45, 2.75) is 20.3 Å². The van der Waals surface area contributed by atoms with Crippen molar-refractivity contribution in [3.8, 4) is 0 Å². The van der Waals surface area contributed by atoms with Crippen molar-refractivity contribution < 1.29 is 0 Å². The molecule has 21 heavy (non-hydrogen) atoms. The Kier molecular flexibility index (Phi) is 4.01. The maximum absolute atomic E-state index is 4.45. The summed E-state index contributed by atoms with van der Waals surface area (Å²) in [5.74, 6) is 2.44. The van der Waals surface area contributed by atoms with Gasteiger partial charge in [0.15, 0.2) is 0 Å². The third kappa shape index (κ3) is 3.31. The zero-order valence-corrected chi connectivity index (χ0v) is 13.0. The number of rotatable bonds is 5. The molecule has 3 aromatic rings. The third-order valence-corrected chi connectivity index (χ3v) is 4.02. The molecule has 0 aliphatic heterocycles. The molecule has 0 saturated heterocycles. The molecule has 0 aliphatic carbocycles. The van der Waals surface area contributed by atoms with Crippen LogP contribution in [-0.4, -0.2) is 16.5 Å². The lowest BCUT2D eigenvalue weighted by molar-refractivity contribution is 0.955.